The van der Waals surface area contributed by atoms with Gasteiger partial charge in [-0.15, -0.1) is 0 Å². The van der Waals surface area contributed by atoms with Crippen LogP contribution in [0.5, 0.6) is 0 Å². The van der Waals surface area contributed by atoms with Crippen molar-refractivity contribution in [2.24, 2.45) is 7.05 Å². The molecule has 0 bridgehead atoms. The van der Waals surface area contributed by atoms with Gasteiger partial charge in [0.15, 0.2) is 6.20 Å². The van der Waals surface area contributed by atoms with Crippen LogP contribution in [0.15, 0.2) is 60.8 Å². The average molecular weight is 357 g/mol. The number of hydrogen-bond acceptors (Lipinski definition) is 0. The van der Waals surface area contributed by atoms with Gasteiger partial charge in [0.2, 0.25) is 5.69 Å². The van der Waals surface area contributed by atoms with Crippen LogP contribution in [0.4, 0.5) is 0 Å². The van der Waals surface area contributed by atoms with Crippen LogP contribution >= 0.6 is 0 Å². The van der Waals surface area contributed by atoms with Crippen LogP contribution in [0, 0.1) is 13.8 Å². The molecule has 1 saturated carbocycles. The topological polar surface area (TPSA) is 3.88 Å². The molecule has 0 radical (unpaired) electrons. The summed E-state index contributed by atoms with van der Waals surface area (Å²) < 4.78 is 2.28. The highest BCUT2D eigenvalue weighted by Gasteiger charge is 2.21. The van der Waals surface area contributed by atoms with Crippen molar-refractivity contribution >= 4 is 0 Å². The first-order valence-corrected chi connectivity index (χ1v) is 10.3. The number of benzene rings is 2. The van der Waals surface area contributed by atoms with Crippen molar-refractivity contribution in [3.8, 4) is 22.4 Å². The van der Waals surface area contributed by atoms with Crippen molar-refractivity contribution < 1.29 is 4.57 Å². The van der Waals surface area contributed by atoms with Gasteiger partial charge in [-0.3, -0.25) is 0 Å². The molecule has 1 heteroatoms. The third-order valence-corrected chi connectivity index (χ3v) is 6.18. The maximum Gasteiger partial charge on any atom is 0.212 e. The molecule has 2 aromatic carbocycles. The largest absolute Gasteiger partial charge is 0.212 e. The quantitative estimate of drug-likeness (QED) is 0.471. The molecule has 1 fully saturated rings. The molecule has 0 unspecified atom stereocenters. The lowest BCUT2D eigenvalue weighted by Gasteiger charge is -2.22. The molecule has 0 spiro atoms. The normalized spacial score (nSPS) is 15.1. The Balaban J connectivity index is 1.81. The zero-order valence-electron chi connectivity index (χ0n) is 16.8. The van der Waals surface area contributed by atoms with Gasteiger partial charge in [-0.1, -0.05) is 55.7 Å². The van der Waals surface area contributed by atoms with Crippen LogP contribution in [-0.4, -0.2) is 0 Å². The first-order chi connectivity index (χ1) is 13.1. The minimum Gasteiger partial charge on any atom is -0.201 e. The van der Waals surface area contributed by atoms with Crippen LogP contribution in [0.1, 0.15) is 54.7 Å². The van der Waals surface area contributed by atoms with Gasteiger partial charge in [0.05, 0.1) is 0 Å². The summed E-state index contributed by atoms with van der Waals surface area (Å²) in [6.07, 6.45) is 9.10. The standard InChI is InChI=1S/C26H30N/c1-19-16-20(2)25(18-24(19)22-12-8-5-9-13-22)26-17-23(14-15-27(26)3)21-10-6-4-7-11-21/h5,8-9,12-18,21H,4,6-7,10-11H2,1-3H3/q+1. The highest BCUT2D eigenvalue weighted by molar-refractivity contribution is 5.75. The highest BCUT2D eigenvalue weighted by atomic mass is 14.9. The molecule has 27 heavy (non-hydrogen) atoms. The monoisotopic (exact) mass is 356 g/mol. The molecule has 0 saturated heterocycles. The summed E-state index contributed by atoms with van der Waals surface area (Å²) in [5.41, 5.74) is 9.51. The molecule has 1 nitrogen and oxygen atoms in total. The summed E-state index contributed by atoms with van der Waals surface area (Å²) in [5.74, 6) is 0.734. The molecule has 0 aliphatic heterocycles. The van der Waals surface area contributed by atoms with Gasteiger partial charge in [-0.05, 0) is 66.5 Å². The van der Waals surface area contributed by atoms with Gasteiger partial charge < -0.3 is 0 Å². The molecule has 0 amide bonds. The van der Waals surface area contributed by atoms with Crippen molar-refractivity contribution in [1.29, 1.82) is 0 Å². The van der Waals surface area contributed by atoms with Gasteiger partial charge in [0.25, 0.3) is 0 Å². The van der Waals surface area contributed by atoms with Crippen LogP contribution in [0.25, 0.3) is 22.4 Å². The third kappa shape index (κ3) is 3.69. The average Bonchev–Trinajstić information content (AvgIpc) is 2.70. The fraction of sp³-hybridized carbons (Fsp3) is 0.346. The SMILES string of the molecule is Cc1cc(C)c(-c2cc(C3CCCCC3)cc[n+]2C)cc1-c1ccccc1. The number of nitrogens with zero attached hydrogens (tertiary/aromatic N) is 1. The highest BCUT2D eigenvalue weighted by Crippen LogP contribution is 2.35. The Labute approximate surface area is 163 Å². The molecule has 4 rings (SSSR count). The maximum absolute atomic E-state index is 2.45. The number of aryl methyl sites for hydroxylation is 3. The van der Waals surface area contributed by atoms with E-state index < -0.39 is 0 Å². The van der Waals surface area contributed by atoms with E-state index in [2.05, 4.69) is 86.3 Å². The van der Waals surface area contributed by atoms with Crippen molar-refractivity contribution in [3.63, 3.8) is 0 Å². The van der Waals surface area contributed by atoms with Crippen LogP contribution in [0.2, 0.25) is 0 Å². The van der Waals surface area contributed by atoms with E-state index in [0.717, 1.165) is 5.92 Å². The fourth-order valence-electron chi connectivity index (χ4n) is 4.60. The summed E-state index contributed by atoms with van der Waals surface area (Å²) in [6, 6.07) is 20.3. The predicted molar refractivity (Wildman–Crippen MR) is 114 cm³/mol. The van der Waals surface area contributed by atoms with Gasteiger partial charge in [0, 0.05) is 17.7 Å². The second-order valence-corrected chi connectivity index (χ2v) is 8.14. The molecule has 1 heterocycles. The van der Waals surface area contributed by atoms with Crippen LogP contribution in [-0.2, 0) is 7.05 Å². The Bertz CT molecular complexity index is 934. The third-order valence-electron chi connectivity index (χ3n) is 6.18. The Morgan fingerprint density at radius 3 is 2.22 bits per heavy atom. The Morgan fingerprint density at radius 1 is 0.778 bits per heavy atom. The Kier molecular flexibility index (Phi) is 5.11. The maximum atomic E-state index is 2.45. The number of pyridine rings is 1. The van der Waals surface area contributed by atoms with Crippen LogP contribution < -0.4 is 4.57 Å². The smallest absolute Gasteiger partial charge is 0.201 e. The van der Waals surface area contributed by atoms with E-state index >= 15 is 0 Å². The summed E-state index contributed by atoms with van der Waals surface area (Å²) in [5, 5.41) is 0. The first kappa shape index (κ1) is 18.0. The van der Waals surface area contributed by atoms with Gasteiger partial charge in [-0.2, -0.15) is 0 Å². The fourth-order valence-corrected chi connectivity index (χ4v) is 4.60. The van der Waals surface area contributed by atoms with E-state index in [4.69, 9.17) is 0 Å². The van der Waals surface area contributed by atoms with E-state index in [9.17, 15) is 0 Å². The van der Waals surface area contributed by atoms with E-state index in [1.54, 1.807) is 0 Å². The summed E-state index contributed by atoms with van der Waals surface area (Å²) in [7, 11) is 2.17. The first-order valence-electron chi connectivity index (χ1n) is 10.3. The molecule has 138 valence electrons. The predicted octanol–water partition coefficient (Wildman–Crippen LogP) is 6.51. The van der Waals surface area contributed by atoms with Crippen molar-refractivity contribution in [2.75, 3.05) is 0 Å². The molecule has 0 atom stereocenters. The second kappa shape index (κ2) is 7.68. The van der Waals surface area contributed by atoms with E-state index in [1.165, 1.54) is 71.2 Å². The number of rotatable bonds is 3. The Hall–Kier alpha value is -2.41. The molecular formula is C26H30N+. The lowest BCUT2D eigenvalue weighted by atomic mass is 9.83. The molecule has 0 N–H and O–H groups in total. The van der Waals surface area contributed by atoms with E-state index in [0.29, 0.717) is 0 Å². The summed E-state index contributed by atoms with van der Waals surface area (Å²) in [6.45, 7) is 4.46. The zero-order chi connectivity index (χ0) is 18.8. The second-order valence-electron chi connectivity index (χ2n) is 8.14. The molecular weight excluding hydrogens is 326 g/mol. The van der Waals surface area contributed by atoms with E-state index in [1.807, 2.05) is 0 Å². The van der Waals surface area contributed by atoms with E-state index in [-0.39, 0.29) is 0 Å². The van der Waals surface area contributed by atoms with Gasteiger partial charge in [-0.25, -0.2) is 4.57 Å². The van der Waals surface area contributed by atoms with Crippen molar-refractivity contribution in [3.05, 3.63) is 77.5 Å². The van der Waals surface area contributed by atoms with Crippen LogP contribution in [0.3, 0.4) is 0 Å². The van der Waals surface area contributed by atoms with Gasteiger partial charge >= 0.3 is 0 Å². The molecule has 3 aromatic rings. The van der Waals surface area contributed by atoms with Crippen molar-refractivity contribution in [1.82, 2.24) is 0 Å². The molecule has 1 aromatic heterocycles. The minimum absolute atomic E-state index is 0.734. The van der Waals surface area contributed by atoms with Crippen molar-refractivity contribution in [2.45, 2.75) is 51.9 Å². The molecule has 1 aliphatic carbocycles. The number of hydrogen-bond donors (Lipinski definition) is 0. The Morgan fingerprint density at radius 2 is 1.48 bits per heavy atom. The lowest BCUT2D eigenvalue weighted by Crippen LogP contribution is -2.31. The zero-order valence-corrected chi connectivity index (χ0v) is 16.8. The summed E-state index contributed by atoms with van der Waals surface area (Å²) >= 11 is 0. The van der Waals surface area contributed by atoms with Gasteiger partial charge in [0.1, 0.15) is 7.05 Å². The minimum atomic E-state index is 0.734. The molecule has 1 aliphatic rings. The number of aromatic nitrogens is 1. The summed E-state index contributed by atoms with van der Waals surface area (Å²) in [4.78, 5) is 0. The lowest BCUT2D eigenvalue weighted by molar-refractivity contribution is -0.660.